The van der Waals surface area contributed by atoms with E-state index < -0.39 is 0 Å². The molecule has 16 heavy (non-hydrogen) atoms. The van der Waals surface area contributed by atoms with E-state index >= 15 is 0 Å². The average molecular weight is 213 g/mol. The van der Waals surface area contributed by atoms with E-state index in [-0.39, 0.29) is 5.41 Å². The van der Waals surface area contributed by atoms with Crippen molar-refractivity contribution in [2.24, 2.45) is 10.4 Å². The smallest absolute Gasteiger partial charge is 0.0576 e. The molecule has 0 saturated heterocycles. The van der Waals surface area contributed by atoms with Crippen LogP contribution in [-0.4, -0.2) is 12.3 Å². The highest BCUT2D eigenvalue weighted by molar-refractivity contribution is 6.00. The molecule has 2 rings (SSSR count). The van der Waals surface area contributed by atoms with Crippen molar-refractivity contribution < 1.29 is 0 Å². The molecule has 0 amide bonds. The zero-order chi connectivity index (χ0) is 11.8. The van der Waals surface area contributed by atoms with Gasteiger partial charge in [-0.3, -0.25) is 4.99 Å². The van der Waals surface area contributed by atoms with Gasteiger partial charge >= 0.3 is 0 Å². The van der Waals surface area contributed by atoms with Crippen molar-refractivity contribution in [3.05, 3.63) is 41.5 Å². The number of benzene rings is 1. The van der Waals surface area contributed by atoms with Gasteiger partial charge in [0.2, 0.25) is 0 Å². The van der Waals surface area contributed by atoms with Crippen molar-refractivity contribution in [1.82, 2.24) is 0 Å². The average Bonchev–Trinajstić information content (AvgIpc) is 2.22. The van der Waals surface area contributed by atoms with Crippen LogP contribution in [0.3, 0.4) is 0 Å². The first-order valence-electron chi connectivity index (χ1n) is 5.81. The summed E-state index contributed by atoms with van der Waals surface area (Å²) in [6, 6.07) is 8.72. The quantitative estimate of drug-likeness (QED) is 0.671. The van der Waals surface area contributed by atoms with Gasteiger partial charge in [-0.05, 0) is 25.0 Å². The summed E-state index contributed by atoms with van der Waals surface area (Å²) in [5, 5.41) is 0. The molecule has 0 unspecified atom stereocenters. The molecule has 0 radical (unpaired) electrons. The monoisotopic (exact) mass is 213 g/mol. The van der Waals surface area contributed by atoms with E-state index in [1.165, 1.54) is 22.4 Å². The molecule has 0 atom stereocenters. The minimum Gasteiger partial charge on any atom is -0.289 e. The molecule has 1 aromatic carbocycles. The minimum atomic E-state index is 0.0616. The van der Waals surface area contributed by atoms with Crippen molar-refractivity contribution in [2.45, 2.75) is 27.7 Å². The van der Waals surface area contributed by atoms with Crippen molar-refractivity contribution >= 4 is 11.3 Å². The van der Waals surface area contributed by atoms with Crippen molar-refractivity contribution in [1.29, 1.82) is 0 Å². The highest BCUT2D eigenvalue weighted by Crippen LogP contribution is 2.38. The van der Waals surface area contributed by atoms with Crippen LogP contribution >= 0.6 is 0 Å². The minimum absolute atomic E-state index is 0.0616. The highest BCUT2D eigenvalue weighted by Gasteiger charge is 2.29. The maximum Gasteiger partial charge on any atom is 0.0576 e. The summed E-state index contributed by atoms with van der Waals surface area (Å²) in [6.45, 7) is 9.58. The number of rotatable bonds is 1. The molecule has 1 aromatic rings. The van der Waals surface area contributed by atoms with Crippen molar-refractivity contribution in [2.75, 3.05) is 6.54 Å². The fourth-order valence-electron chi connectivity index (χ4n) is 2.21. The van der Waals surface area contributed by atoms with E-state index in [4.69, 9.17) is 0 Å². The van der Waals surface area contributed by atoms with Gasteiger partial charge in [0.25, 0.3) is 0 Å². The first-order chi connectivity index (χ1) is 7.51. The van der Waals surface area contributed by atoms with Gasteiger partial charge in [-0.15, -0.1) is 0 Å². The molecule has 84 valence electrons. The van der Waals surface area contributed by atoms with E-state index in [9.17, 15) is 0 Å². The zero-order valence-corrected chi connectivity index (χ0v) is 10.5. The number of hydrogen-bond acceptors (Lipinski definition) is 1. The number of dihydropyridines is 1. The number of aliphatic imine (C=N–C) groups is 1. The molecular formula is C15H19N. The molecule has 0 bridgehead atoms. The Morgan fingerprint density at radius 2 is 1.94 bits per heavy atom. The second-order valence-electron chi connectivity index (χ2n) is 5.04. The Bertz CT molecular complexity index is 464. The molecule has 0 saturated carbocycles. The lowest BCUT2D eigenvalue weighted by Crippen LogP contribution is -2.26. The highest BCUT2D eigenvalue weighted by atomic mass is 14.8. The molecule has 0 spiro atoms. The summed E-state index contributed by atoms with van der Waals surface area (Å²) in [7, 11) is 0. The van der Waals surface area contributed by atoms with Crippen LogP contribution in [0.1, 0.15) is 31.9 Å². The third kappa shape index (κ3) is 1.82. The first-order valence-corrected chi connectivity index (χ1v) is 5.81. The molecule has 1 aliphatic heterocycles. The molecule has 1 aliphatic rings. The Labute approximate surface area is 97.9 Å². The van der Waals surface area contributed by atoms with Gasteiger partial charge in [-0.1, -0.05) is 49.8 Å². The van der Waals surface area contributed by atoms with E-state index in [1.54, 1.807) is 0 Å². The Morgan fingerprint density at radius 3 is 2.62 bits per heavy atom. The van der Waals surface area contributed by atoms with Crippen molar-refractivity contribution in [3.8, 4) is 0 Å². The van der Waals surface area contributed by atoms with Gasteiger partial charge in [0.1, 0.15) is 0 Å². The Hall–Kier alpha value is -1.37. The van der Waals surface area contributed by atoms with Crippen molar-refractivity contribution in [3.63, 3.8) is 0 Å². The third-order valence-corrected chi connectivity index (χ3v) is 3.53. The predicted molar refractivity (Wildman–Crippen MR) is 70.9 cm³/mol. The summed E-state index contributed by atoms with van der Waals surface area (Å²) in [4.78, 5) is 4.52. The largest absolute Gasteiger partial charge is 0.289 e. The Morgan fingerprint density at radius 1 is 1.19 bits per heavy atom. The maximum atomic E-state index is 4.52. The van der Waals surface area contributed by atoms with Crippen LogP contribution in [-0.2, 0) is 0 Å². The number of aryl methyl sites for hydroxylation is 1. The lowest BCUT2D eigenvalue weighted by Gasteiger charge is -2.31. The lowest BCUT2D eigenvalue weighted by molar-refractivity contribution is 0.681. The standard InChI is InChI=1S/C15H19N/c1-11-6-5-7-13(10-11)14-8-9-16-12(2)15(14,3)4/h5-8,10H,9H2,1-4H3. The lowest BCUT2D eigenvalue weighted by atomic mass is 9.75. The van der Waals surface area contributed by atoms with E-state index in [2.05, 4.69) is 63.0 Å². The maximum absolute atomic E-state index is 4.52. The van der Waals surface area contributed by atoms with Crippen LogP contribution in [0.15, 0.2) is 35.3 Å². The molecule has 1 nitrogen and oxygen atoms in total. The molecule has 0 aromatic heterocycles. The SMILES string of the molecule is CC1=NCC=C(c2cccc(C)c2)C1(C)C. The number of allylic oxidation sites excluding steroid dienone is 1. The van der Waals surface area contributed by atoms with Gasteiger partial charge in [0, 0.05) is 11.1 Å². The van der Waals surface area contributed by atoms with E-state index in [0.29, 0.717) is 0 Å². The molecular weight excluding hydrogens is 194 g/mol. The third-order valence-electron chi connectivity index (χ3n) is 3.53. The first kappa shape index (κ1) is 11.1. The fourth-order valence-corrected chi connectivity index (χ4v) is 2.21. The van der Waals surface area contributed by atoms with Gasteiger partial charge < -0.3 is 0 Å². The topological polar surface area (TPSA) is 12.4 Å². The normalized spacial score (nSPS) is 19.0. The molecule has 1 heteroatoms. The predicted octanol–water partition coefficient (Wildman–Crippen LogP) is 3.88. The van der Waals surface area contributed by atoms with E-state index in [1.807, 2.05) is 0 Å². The molecule has 0 fully saturated rings. The zero-order valence-electron chi connectivity index (χ0n) is 10.5. The summed E-state index contributed by atoms with van der Waals surface area (Å²) in [5.74, 6) is 0. The Kier molecular flexibility index (Phi) is 2.71. The molecule has 0 N–H and O–H groups in total. The van der Waals surface area contributed by atoms with Crippen LogP contribution in [0.5, 0.6) is 0 Å². The van der Waals surface area contributed by atoms with Crippen LogP contribution in [0, 0.1) is 12.3 Å². The van der Waals surface area contributed by atoms with Gasteiger partial charge in [0.05, 0.1) is 6.54 Å². The molecule has 0 aliphatic carbocycles. The Balaban J connectivity index is 2.46. The second kappa shape index (κ2) is 3.89. The van der Waals surface area contributed by atoms with E-state index in [0.717, 1.165) is 6.54 Å². The number of hydrogen-bond donors (Lipinski definition) is 0. The van der Waals surface area contributed by atoms with Gasteiger partial charge in [0.15, 0.2) is 0 Å². The van der Waals surface area contributed by atoms with Gasteiger partial charge in [-0.2, -0.15) is 0 Å². The summed E-state index contributed by atoms with van der Waals surface area (Å²) in [5.41, 5.74) is 5.34. The summed E-state index contributed by atoms with van der Waals surface area (Å²) < 4.78 is 0. The number of nitrogens with zero attached hydrogens (tertiary/aromatic N) is 1. The van der Waals surface area contributed by atoms with Crippen LogP contribution in [0.25, 0.3) is 5.57 Å². The van der Waals surface area contributed by atoms with Crippen LogP contribution in [0.2, 0.25) is 0 Å². The fraction of sp³-hybridized carbons (Fsp3) is 0.400. The van der Waals surface area contributed by atoms with Crippen LogP contribution in [0.4, 0.5) is 0 Å². The summed E-state index contributed by atoms with van der Waals surface area (Å²) in [6.07, 6.45) is 2.25. The van der Waals surface area contributed by atoms with Gasteiger partial charge in [-0.25, -0.2) is 0 Å². The second-order valence-corrected chi connectivity index (χ2v) is 5.04. The van der Waals surface area contributed by atoms with Crippen LogP contribution < -0.4 is 0 Å². The molecule has 1 heterocycles. The summed E-state index contributed by atoms with van der Waals surface area (Å²) >= 11 is 0.